The van der Waals surface area contributed by atoms with Gasteiger partial charge in [0.15, 0.2) is 0 Å². The van der Waals surface area contributed by atoms with Crippen molar-refractivity contribution in [2.45, 2.75) is 60.0 Å². The van der Waals surface area contributed by atoms with E-state index in [-0.39, 0.29) is 33.9 Å². The van der Waals surface area contributed by atoms with Crippen LogP contribution >= 0.6 is 0 Å². The van der Waals surface area contributed by atoms with Gasteiger partial charge in [-0.3, -0.25) is 16.5 Å². The summed E-state index contributed by atoms with van der Waals surface area (Å²) in [5.41, 5.74) is 0. The minimum Gasteiger partial charge on any atom is -0.456 e. The number of carbonyl (C=O) groups excluding carboxylic acids is 2. The smallest absolute Gasteiger partial charge is 0.303 e. The van der Waals surface area contributed by atoms with Gasteiger partial charge in [0.2, 0.25) is 0 Å². The molecule has 0 aromatic carbocycles. The van der Waals surface area contributed by atoms with E-state index in [2.05, 4.69) is 16.4 Å². The number of hydrogen-bond acceptors (Lipinski definition) is 6. The fourth-order valence-electron chi connectivity index (χ4n) is 0.394. The van der Waals surface area contributed by atoms with Crippen molar-refractivity contribution in [2.24, 2.45) is 0 Å². The molecule has 0 radical (unpaired) electrons. The summed E-state index contributed by atoms with van der Waals surface area (Å²) in [6, 6.07) is 0. The number of carbonyl (C=O) groups is 2. The first-order valence-electron chi connectivity index (χ1n) is 5.52. The van der Waals surface area contributed by atoms with Crippen molar-refractivity contribution < 1.29 is 51.0 Å². The molecule has 114 valence electrons. The van der Waals surface area contributed by atoms with Crippen molar-refractivity contribution in [2.75, 3.05) is 0 Å². The van der Waals surface area contributed by atoms with Crippen LogP contribution in [0.4, 0.5) is 0 Å². The van der Waals surface area contributed by atoms with Gasteiger partial charge < -0.3 is 19.7 Å². The van der Waals surface area contributed by atoms with E-state index in [1.165, 1.54) is 13.8 Å². The molecule has 0 unspecified atom stereocenters. The maximum atomic E-state index is 10.2. The number of aliphatic hydroxyl groups is 2. The van der Waals surface area contributed by atoms with E-state index in [1.54, 1.807) is 27.7 Å². The van der Waals surface area contributed by atoms with Gasteiger partial charge in [-0.1, -0.05) is 0 Å². The van der Waals surface area contributed by atoms with Crippen molar-refractivity contribution in [3.8, 4) is 0 Å². The summed E-state index contributed by atoms with van der Waals surface area (Å²) in [5.74, 6) is -1.05. The maximum Gasteiger partial charge on any atom is 0.303 e. The van der Waals surface area contributed by atoms with Crippen LogP contribution in [0.15, 0.2) is 0 Å². The molecule has 0 saturated carbocycles. The predicted octanol–water partition coefficient (Wildman–Crippen LogP) is 1.04. The zero-order chi connectivity index (χ0) is 15.3. The van der Waals surface area contributed by atoms with Crippen molar-refractivity contribution >= 4 is 11.9 Å². The SMILES string of the molecule is CC(C)O.CC(C)O.[CH2-]C(OC(C)=O)OC(C)=O.[Ti]. The van der Waals surface area contributed by atoms with Crippen LogP contribution < -0.4 is 0 Å². The Morgan fingerprint density at radius 1 is 0.895 bits per heavy atom. The van der Waals surface area contributed by atoms with E-state index < -0.39 is 18.2 Å². The number of ether oxygens (including phenoxy) is 2. The molecule has 0 saturated heterocycles. The van der Waals surface area contributed by atoms with Crippen LogP contribution in [0.2, 0.25) is 0 Å². The second kappa shape index (κ2) is 17.6. The summed E-state index contributed by atoms with van der Waals surface area (Å²) in [4.78, 5) is 20.4. The Labute approximate surface area is 130 Å². The number of hydrogen-bond donors (Lipinski definition) is 2. The largest absolute Gasteiger partial charge is 0.456 e. The van der Waals surface area contributed by atoms with Gasteiger partial charge in [-0.15, -0.1) is 0 Å². The molecule has 0 rings (SSSR count). The quantitative estimate of drug-likeness (QED) is 0.342. The van der Waals surface area contributed by atoms with E-state index >= 15 is 0 Å². The zero-order valence-corrected chi connectivity index (χ0v) is 14.0. The summed E-state index contributed by atoms with van der Waals surface area (Å²) in [7, 11) is 0. The second-order valence-corrected chi connectivity index (χ2v) is 3.84. The van der Waals surface area contributed by atoms with Gasteiger partial charge in [0.1, 0.15) is 6.29 Å². The molecule has 0 heterocycles. The minimum atomic E-state index is -1.03. The predicted molar refractivity (Wildman–Crippen MR) is 67.4 cm³/mol. The fourth-order valence-corrected chi connectivity index (χ4v) is 0.394. The maximum absolute atomic E-state index is 10.2. The molecule has 0 aromatic heterocycles. The molecule has 0 atom stereocenters. The van der Waals surface area contributed by atoms with Crippen molar-refractivity contribution in [3.63, 3.8) is 0 Å². The first-order chi connectivity index (χ1) is 7.98. The fraction of sp³-hybridized carbons (Fsp3) is 0.750. The molecule has 0 fully saturated rings. The van der Waals surface area contributed by atoms with Gasteiger partial charge in [0.25, 0.3) is 0 Å². The summed E-state index contributed by atoms with van der Waals surface area (Å²) in [5, 5.41) is 16.1. The molecule has 6 nitrogen and oxygen atoms in total. The number of aliphatic hydroxyl groups excluding tert-OH is 2. The van der Waals surface area contributed by atoms with E-state index in [9.17, 15) is 9.59 Å². The Bertz CT molecular complexity index is 191. The molecule has 0 bridgehead atoms. The molecule has 0 spiro atoms. The molecule has 0 amide bonds. The molecule has 7 heteroatoms. The summed E-state index contributed by atoms with van der Waals surface area (Å²) >= 11 is 0. The Morgan fingerprint density at radius 3 is 1.16 bits per heavy atom. The van der Waals surface area contributed by atoms with Crippen molar-refractivity contribution in [1.82, 2.24) is 0 Å². The third-order valence-electron chi connectivity index (χ3n) is 0.595. The van der Waals surface area contributed by atoms with E-state index in [4.69, 9.17) is 10.2 Å². The Kier molecular flexibility index (Phi) is 25.0. The van der Waals surface area contributed by atoms with Crippen molar-refractivity contribution in [3.05, 3.63) is 6.92 Å². The molecule has 0 aliphatic rings. The van der Waals surface area contributed by atoms with Crippen LogP contribution in [-0.4, -0.2) is 40.6 Å². The van der Waals surface area contributed by atoms with Gasteiger partial charge in [0.05, 0.1) is 0 Å². The molecule has 2 N–H and O–H groups in total. The summed E-state index contributed by atoms with van der Waals surface area (Å²) in [6.45, 7) is 12.5. The van der Waals surface area contributed by atoms with Crippen molar-refractivity contribution in [1.29, 1.82) is 0 Å². The summed E-state index contributed by atoms with van der Waals surface area (Å²) < 4.78 is 8.74. The monoisotopic (exact) mass is 313 g/mol. The van der Waals surface area contributed by atoms with Crippen LogP contribution in [-0.2, 0) is 40.8 Å². The number of rotatable bonds is 2. The molecule has 19 heavy (non-hydrogen) atoms. The van der Waals surface area contributed by atoms with Gasteiger partial charge in [-0.2, -0.15) is 0 Å². The second-order valence-electron chi connectivity index (χ2n) is 3.84. The van der Waals surface area contributed by atoms with E-state index in [1.807, 2.05) is 0 Å². The average molecular weight is 313 g/mol. The Morgan fingerprint density at radius 2 is 1.05 bits per heavy atom. The van der Waals surface area contributed by atoms with E-state index in [0.29, 0.717) is 0 Å². The molecule has 0 aromatic rings. The summed E-state index contributed by atoms with van der Waals surface area (Å²) in [6.07, 6.45) is -1.37. The topological polar surface area (TPSA) is 93.1 Å². The molecule has 0 aliphatic heterocycles. The zero-order valence-electron chi connectivity index (χ0n) is 12.5. The van der Waals surface area contributed by atoms with Crippen LogP contribution in [0.5, 0.6) is 0 Å². The average Bonchev–Trinajstić information content (AvgIpc) is 1.96. The first-order valence-corrected chi connectivity index (χ1v) is 5.52. The molecular formula is C12H25O6Ti-. The Balaban J connectivity index is -0.000000105. The van der Waals surface area contributed by atoms with Crippen LogP contribution in [0.1, 0.15) is 41.5 Å². The van der Waals surface area contributed by atoms with Gasteiger partial charge in [-0.25, -0.2) is 0 Å². The minimum absolute atomic E-state index is 0. The Hall–Kier alpha value is -0.426. The third kappa shape index (κ3) is 74.3. The number of esters is 2. The van der Waals surface area contributed by atoms with Gasteiger partial charge >= 0.3 is 11.9 Å². The van der Waals surface area contributed by atoms with Gasteiger partial charge in [-0.05, 0) is 27.7 Å². The first kappa shape index (κ1) is 27.0. The van der Waals surface area contributed by atoms with Crippen LogP contribution in [0.25, 0.3) is 0 Å². The normalized spacial score (nSPS) is 8.63. The van der Waals surface area contributed by atoms with Crippen LogP contribution in [0, 0.1) is 6.92 Å². The third-order valence-corrected chi connectivity index (χ3v) is 0.595. The van der Waals surface area contributed by atoms with E-state index in [0.717, 1.165) is 0 Å². The van der Waals surface area contributed by atoms with Gasteiger partial charge in [0, 0.05) is 47.8 Å². The molecular weight excluding hydrogens is 288 g/mol. The standard InChI is InChI=1S/C6H9O4.2C3H8O.Ti/c1-4(7)9-6(3)10-5(2)8;2*1-3(2)4;/h6H,3H2,1-2H3;2*3-4H,1-2H3;/q-1;;;. The van der Waals surface area contributed by atoms with Crippen LogP contribution in [0.3, 0.4) is 0 Å². The molecule has 0 aliphatic carbocycles.